The highest BCUT2D eigenvalue weighted by atomic mass is 32.2. The van der Waals surface area contributed by atoms with E-state index in [1.54, 1.807) is 31.3 Å². The van der Waals surface area contributed by atoms with Crippen molar-refractivity contribution in [2.75, 3.05) is 33.8 Å². The summed E-state index contributed by atoms with van der Waals surface area (Å²) in [5.74, 6) is 0.680. The SMILES string of the molecule is CCOc1ccc(S(=O)(=O)N(C)CCCNC)cc1. The summed E-state index contributed by atoms with van der Waals surface area (Å²) < 4.78 is 31.2. The van der Waals surface area contributed by atoms with Crippen LogP contribution in [0.3, 0.4) is 0 Å². The molecule has 0 heterocycles. The summed E-state index contributed by atoms with van der Waals surface area (Å²) in [5.41, 5.74) is 0. The molecular formula is C13H22N2O3S. The predicted molar refractivity (Wildman–Crippen MR) is 76.0 cm³/mol. The lowest BCUT2D eigenvalue weighted by Gasteiger charge is -2.17. The third-order valence-corrected chi connectivity index (χ3v) is 4.61. The molecule has 108 valence electrons. The van der Waals surface area contributed by atoms with Crippen LogP contribution in [0.4, 0.5) is 0 Å². The van der Waals surface area contributed by atoms with Gasteiger partial charge >= 0.3 is 0 Å². The van der Waals surface area contributed by atoms with Gasteiger partial charge in [0.1, 0.15) is 5.75 Å². The van der Waals surface area contributed by atoms with Gasteiger partial charge in [0, 0.05) is 13.6 Å². The van der Waals surface area contributed by atoms with E-state index in [0.29, 0.717) is 23.8 Å². The van der Waals surface area contributed by atoms with Gasteiger partial charge in [-0.05, 0) is 51.2 Å². The summed E-state index contributed by atoms with van der Waals surface area (Å²) in [7, 11) is 0.0457. The van der Waals surface area contributed by atoms with Crippen LogP contribution in [0.1, 0.15) is 13.3 Å². The monoisotopic (exact) mass is 286 g/mol. The van der Waals surface area contributed by atoms with E-state index in [1.807, 2.05) is 14.0 Å². The third kappa shape index (κ3) is 4.49. The van der Waals surface area contributed by atoms with Crippen LogP contribution < -0.4 is 10.1 Å². The number of hydrogen-bond acceptors (Lipinski definition) is 4. The van der Waals surface area contributed by atoms with Gasteiger partial charge in [-0.3, -0.25) is 0 Å². The molecule has 0 aromatic heterocycles. The van der Waals surface area contributed by atoms with Crippen LogP contribution in [0.25, 0.3) is 0 Å². The Bertz CT molecular complexity index is 471. The Labute approximate surface area is 115 Å². The molecule has 0 unspecified atom stereocenters. The van der Waals surface area contributed by atoms with Gasteiger partial charge in [-0.25, -0.2) is 12.7 Å². The second-order valence-electron chi connectivity index (χ2n) is 4.19. The van der Waals surface area contributed by atoms with Gasteiger partial charge in [-0.1, -0.05) is 0 Å². The number of sulfonamides is 1. The standard InChI is InChI=1S/C13H22N2O3S/c1-4-18-12-6-8-13(9-7-12)19(16,17)15(3)11-5-10-14-2/h6-9,14H,4-5,10-11H2,1-3H3. The molecule has 0 fully saturated rings. The third-order valence-electron chi connectivity index (χ3n) is 2.74. The zero-order valence-corrected chi connectivity index (χ0v) is 12.5. The first-order chi connectivity index (χ1) is 9.02. The van der Waals surface area contributed by atoms with Gasteiger partial charge in [0.2, 0.25) is 10.0 Å². The predicted octanol–water partition coefficient (Wildman–Crippen LogP) is 1.32. The molecular weight excluding hydrogens is 264 g/mol. The largest absolute Gasteiger partial charge is 0.494 e. The van der Waals surface area contributed by atoms with Crippen molar-refractivity contribution in [3.05, 3.63) is 24.3 Å². The highest BCUT2D eigenvalue weighted by molar-refractivity contribution is 7.89. The summed E-state index contributed by atoms with van der Waals surface area (Å²) in [4.78, 5) is 0.294. The van der Waals surface area contributed by atoms with E-state index >= 15 is 0 Å². The Balaban J connectivity index is 2.75. The highest BCUT2D eigenvalue weighted by Gasteiger charge is 2.19. The number of benzene rings is 1. The molecule has 0 atom stereocenters. The van der Waals surface area contributed by atoms with Crippen molar-refractivity contribution in [1.29, 1.82) is 0 Å². The Kier molecular flexibility index (Phi) is 6.27. The quantitative estimate of drug-likeness (QED) is 0.732. The van der Waals surface area contributed by atoms with Crippen LogP contribution in [0, 0.1) is 0 Å². The summed E-state index contributed by atoms with van der Waals surface area (Å²) in [6.07, 6.45) is 0.781. The average molecular weight is 286 g/mol. The van der Waals surface area contributed by atoms with Gasteiger partial charge in [0.05, 0.1) is 11.5 Å². The number of rotatable bonds is 8. The average Bonchev–Trinajstić information content (AvgIpc) is 2.40. The molecule has 0 saturated carbocycles. The Hall–Kier alpha value is -1.11. The summed E-state index contributed by atoms with van der Waals surface area (Å²) >= 11 is 0. The molecule has 0 aliphatic heterocycles. The molecule has 0 aliphatic rings. The lowest BCUT2D eigenvalue weighted by molar-refractivity contribution is 0.340. The maximum absolute atomic E-state index is 12.3. The van der Waals surface area contributed by atoms with E-state index < -0.39 is 10.0 Å². The molecule has 1 aromatic carbocycles. The minimum absolute atomic E-state index is 0.294. The van der Waals surface area contributed by atoms with Crippen LogP contribution in [-0.2, 0) is 10.0 Å². The van der Waals surface area contributed by atoms with Crippen molar-refractivity contribution in [1.82, 2.24) is 9.62 Å². The second-order valence-corrected chi connectivity index (χ2v) is 6.23. The van der Waals surface area contributed by atoms with Gasteiger partial charge in [-0.2, -0.15) is 0 Å². The lowest BCUT2D eigenvalue weighted by Crippen LogP contribution is -2.29. The molecule has 0 aliphatic carbocycles. The molecule has 1 aromatic rings. The van der Waals surface area contributed by atoms with Gasteiger partial charge in [0.25, 0.3) is 0 Å². The van der Waals surface area contributed by atoms with E-state index in [-0.39, 0.29) is 0 Å². The van der Waals surface area contributed by atoms with E-state index in [4.69, 9.17) is 4.74 Å². The van der Waals surface area contributed by atoms with Crippen molar-refractivity contribution < 1.29 is 13.2 Å². The van der Waals surface area contributed by atoms with Crippen molar-refractivity contribution >= 4 is 10.0 Å². The Morgan fingerprint density at radius 2 is 1.89 bits per heavy atom. The van der Waals surface area contributed by atoms with Crippen LogP contribution >= 0.6 is 0 Å². The van der Waals surface area contributed by atoms with Crippen molar-refractivity contribution in [2.45, 2.75) is 18.2 Å². The summed E-state index contributed by atoms with van der Waals surface area (Å²) in [6, 6.07) is 6.51. The van der Waals surface area contributed by atoms with E-state index in [1.165, 1.54) is 4.31 Å². The first-order valence-electron chi connectivity index (χ1n) is 6.36. The minimum atomic E-state index is -3.40. The van der Waals surface area contributed by atoms with E-state index in [2.05, 4.69) is 5.32 Å². The molecule has 0 bridgehead atoms. The van der Waals surface area contributed by atoms with Crippen LogP contribution in [-0.4, -0.2) is 46.5 Å². The van der Waals surface area contributed by atoms with Gasteiger partial charge in [0.15, 0.2) is 0 Å². The van der Waals surface area contributed by atoms with Crippen LogP contribution in [0.2, 0.25) is 0 Å². The van der Waals surface area contributed by atoms with Gasteiger partial charge in [-0.15, -0.1) is 0 Å². The molecule has 5 nitrogen and oxygen atoms in total. The van der Waals surface area contributed by atoms with Crippen LogP contribution in [0.5, 0.6) is 5.75 Å². The maximum atomic E-state index is 12.3. The molecule has 0 amide bonds. The summed E-state index contributed by atoms with van der Waals surface area (Å²) in [6.45, 7) is 3.75. The van der Waals surface area contributed by atoms with Crippen molar-refractivity contribution in [2.24, 2.45) is 0 Å². The molecule has 6 heteroatoms. The van der Waals surface area contributed by atoms with Crippen molar-refractivity contribution in [3.8, 4) is 5.75 Å². The van der Waals surface area contributed by atoms with Crippen molar-refractivity contribution in [3.63, 3.8) is 0 Å². The first kappa shape index (κ1) is 15.9. The number of nitrogens with zero attached hydrogens (tertiary/aromatic N) is 1. The fourth-order valence-corrected chi connectivity index (χ4v) is 2.86. The lowest BCUT2D eigenvalue weighted by atomic mass is 10.3. The minimum Gasteiger partial charge on any atom is -0.494 e. The van der Waals surface area contributed by atoms with E-state index in [9.17, 15) is 8.42 Å². The normalized spacial score (nSPS) is 11.8. The Morgan fingerprint density at radius 1 is 1.26 bits per heavy atom. The topological polar surface area (TPSA) is 58.6 Å². The van der Waals surface area contributed by atoms with E-state index in [0.717, 1.165) is 13.0 Å². The number of ether oxygens (including phenoxy) is 1. The smallest absolute Gasteiger partial charge is 0.242 e. The van der Waals surface area contributed by atoms with Gasteiger partial charge < -0.3 is 10.1 Å². The highest BCUT2D eigenvalue weighted by Crippen LogP contribution is 2.18. The zero-order valence-electron chi connectivity index (χ0n) is 11.7. The summed E-state index contributed by atoms with van der Waals surface area (Å²) in [5, 5.41) is 3.00. The number of nitrogens with one attached hydrogen (secondary N) is 1. The van der Waals surface area contributed by atoms with Crippen LogP contribution in [0.15, 0.2) is 29.2 Å². The Morgan fingerprint density at radius 3 is 2.42 bits per heavy atom. The fourth-order valence-electron chi connectivity index (χ4n) is 1.65. The maximum Gasteiger partial charge on any atom is 0.242 e. The molecule has 0 saturated heterocycles. The first-order valence-corrected chi connectivity index (χ1v) is 7.80. The second kappa shape index (κ2) is 7.47. The molecule has 1 N–H and O–H groups in total. The zero-order chi connectivity index (χ0) is 14.3. The number of hydrogen-bond donors (Lipinski definition) is 1. The fraction of sp³-hybridized carbons (Fsp3) is 0.538. The molecule has 0 radical (unpaired) electrons. The molecule has 0 spiro atoms. The molecule has 19 heavy (non-hydrogen) atoms. The molecule has 1 rings (SSSR count).